The van der Waals surface area contributed by atoms with Crippen molar-refractivity contribution in [2.24, 2.45) is 0 Å². The van der Waals surface area contributed by atoms with Crippen LogP contribution >= 0.6 is 11.3 Å². The molecule has 1 heterocycles. The van der Waals surface area contributed by atoms with E-state index in [0.717, 1.165) is 36.3 Å². The zero-order valence-electron chi connectivity index (χ0n) is 16.6. The predicted molar refractivity (Wildman–Crippen MR) is 116 cm³/mol. The number of allylic oxidation sites excluding steroid dienone is 1. The molecule has 152 valence electrons. The molecule has 2 amide bonds. The van der Waals surface area contributed by atoms with Gasteiger partial charge in [0.1, 0.15) is 0 Å². The summed E-state index contributed by atoms with van der Waals surface area (Å²) in [7, 11) is 0. The van der Waals surface area contributed by atoms with E-state index in [0.29, 0.717) is 17.2 Å². The fraction of sp³-hybridized carbons (Fsp3) is 0.435. The zero-order chi connectivity index (χ0) is 20.1. The highest BCUT2D eigenvalue weighted by Crippen LogP contribution is 2.37. The molecule has 2 N–H and O–H groups in total. The van der Waals surface area contributed by atoms with Gasteiger partial charge in [0.15, 0.2) is 5.13 Å². The normalized spacial score (nSPS) is 18.5. The van der Waals surface area contributed by atoms with Gasteiger partial charge in [0.2, 0.25) is 5.91 Å². The second kappa shape index (κ2) is 9.35. The smallest absolute Gasteiger partial charge is 0.257 e. The number of benzene rings is 1. The van der Waals surface area contributed by atoms with Crippen LogP contribution in [0.1, 0.15) is 71.8 Å². The quantitative estimate of drug-likeness (QED) is 0.672. The standard InChI is InChI=1S/C23H27N3O2S/c27-21(17-10-5-2-6-11-17)26-23-25-20-18(12-7-13-19(20)29-23)22(28)24-15-14-16-8-3-1-4-9-16/h2,5-6,8,10-11,18H,1,3-4,7,9,12-15H2,(H,24,28)(H,25,26,27)/t18-/m1/s1. The van der Waals surface area contributed by atoms with E-state index in [2.05, 4.69) is 21.7 Å². The van der Waals surface area contributed by atoms with E-state index in [1.807, 2.05) is 18.2 Å². The molecule has 2 aliphatic carbocycles. The Morgan fingerprint density at radius 1 is 1.10 bits per heavy atom. The first-order chi connectivity index (χ1) is 14.2. The molecule has 0 aliphatic heterocycles. The minimum absolute atomic E-state index is 0.0635. The van der Waals surface area contributed by atoms with Crippen LogP contribution in [0.3, 0.4) is 0 Å². The fourth-order valence-corrected chi connectivity index (χ4v) is 5.15. The molecule has 2 aliphatic rings. The third-order valence-corrected chi connectivity index (χ3v) is 6.70. The summed E-state index contributed by atoms with van der Waals surface area (Å²) in [6.45, 7) is 0.693. The van der Waals surface area contributed by atoms with Crippen LogP contribution in [0.5, 0.6) is 0 Å². The third kappa shape index (κ3) is 4.93. The van der Waals surface area contributed by atoms with Crippen molar-refractivity contribution in [3.8, 4) is 0 Å². The number of carbonyl (C=O) groups excluding carboxylic acids is 2. The molecule has 0 radical (unpaired) electrons. The van der Waals surface area contributed by atoms with Crippen LogP contribution in [-0.2, 0) is 11.2 Å². The number of fused-ring (bicyclic) bond motifs is 1. The van der Waals surface area contributed by atoms with E-state index in [1.165, 1.54) is 42.6 Å². The van der Waals surface area contributed by atoms with E-state index in [1.54, 1.807) is 12.1 Å². The van der Waals surface area contributed by atoms with Gasteiger partial charge >= 0.3 is 0 Å². The minimum atomic E-state index is -0.210. The van der Waals surface area contributed by atoms with Gasteiger partial charge in [-0.25, -0.2) is 4.98 Å². The topological polar surface area (TPSA) is 71.1 Å². The molecule has 4 rings (SSSR count). The first kappa shape index (κ1) is 19.8. The molecule has 1 aromatic heterocycles. The van der Waals surface area contributed by atoms with E-state index in [-0.39, 0.29) is 17.7 Å². The number of aryl methyl sites for hydroxylation is 1. The van der Waals surface area contributed by atoms with Crippen molar-refractivity contribution in [2.45, 2.75) is 57.3 Å². The Balaban J connectivity index is 1.38. The maximum Gasteiger partial charge on any atom is 0.257 e. The van der Waals surface area contributed by atoms with E-state index in [4.69, 9.17) is 0 Å². The van der Waals surface area contributed by atoms with Gasteiger partial charge in [-0.1, -0.05) is 29.8 Å². The first-order valence-electron chi connectivity index (χ1n) is 10.5. The highest BCUT2D eigenvalue weighted by molar-refractivity contribution is 7.15. The Morgan fingerprint density at radius 2 is 1.97 bits per heavy atom. The van der Waals surface area contributed by atoms with Crippen LogP contribution in [-0.4, -0.2) is 23.3 Å². The van der Waals surface area contributed by atoms with Gasteiger partial charge in [-0.15, -0.1) is 11.3 Å². The van der Waals surface area contributed by atoms with Crippen LogP contribution < -0.4 is 10.6 Å². The fourth-order valence-electron chi connectivity index (χ4n) is 4.09. The van der Waals surface area contributed by atoms with Crippen LogP contribution in [0.2, 0.25) is 0 Å². The van der Waals surface area contributed by atoms with Crippen LogP contribution in [0.4, 0.5) is 5.13 Å². The van der Waals surface area contributed by atoms with Gasteiger partial charge in [-0.3, -0.25) is 14.9 Å². The predicted octanol–water partition coefficient (Wildman–Crippen LogP) is 4.82. The first-order valence-corrected chi connectivity index (χ1v) is 11.3. The number of carbonyl (C=O) groups is 2. The molecule has 1 atom stereocenters. The number of amides is 2. The molecule has 2 aromatic rings. The van der Waals surface area contributed by atoms with Gasteiger partial charge in [0, 0.05) is 17.0 Å². The number of nitrogens with one attached hydrogen (secondary N) is 2. The van der Waals surface area contributed by atoms with E-state index in [9.17, 15) is 9.59 Å². The van der Waals surface area contributed by atoms with Crippen LogP contribution in [0.15, 0.2) is 42.0 Å². The number of nitrogens with zero attached hydrogens (tertiary/aromatic N) is 1. The molecule has 0 bridgehead atoms. The monoisotopic (exact) mass is 409 g/mol. The molecular formula is C23H27N3O2S. The molecule has 29 heavy (non-hydrogen) atoms. The second-order valence-electron chi connectivity index (χ2n) is 7.74. The lowest BCUT2D eigenvalue weighted by Gasteiger charge is -2.21. The molecular weight excluding hydrogens is 382 g/mol. The summed E-state index contributed by atoms with van der Waals surface area (Å²) in [4.78, 5) is 31.0. The van der Waals surface area contributed by atoms with Crippen molar-refractivity contribution in [1.82, 2.24) is 10.3 Å². The summed E-state index contributed by atoms with van der Waals surface area (Å²) >= 11 is 1.49. The van der Waals surface area contributed by atoms with Gasteiger partial charge in [0.05, 0.1) is 11.6 Å². The molecule has 6 heteroatoms. The summed E-state index contributed by atoms with van der Waals surface area (Å²) in [5.74, 6) is -0.315. The third-order valence-electron chi connectivity index (χ3n) is 5.66. The highest BCUT2D eigenvalue weighted by atomic mass is 32.1. The molecule has 0 spiro atoms. The zero-order valence-corrected chi connectivity index (χ0v) is 17.4. The average molecular weight is 410 g/mol. The number of anilines is 1. The SMILES string of the molecule is O=C(Nc1nc2c(s1)CCC[C@H]2C(=O)NCCC1=CCCCC1)c1ccccc1. The molecule has 0 saturated carbocycles. The average Bonchev–Trinajstić information content (AvgIpc) is 3.17. The maximum atomic E-state index is 12.8. The van der Waals surface area contributed by atoms with Gasteiger partial charge in [-0.2, -0.15) is 0 Å². The molecule has 5 nitrogen and oxygen atoms in total. The lowest BCUT2D eigenvalue weighted by Crippen LogP contribution is -2.32. The van der Waals surface area contributed by atoms with Gasteiger partial charge < -0.3 is 5.32 Å². The summed E-state index contributed by atoms with van der Waals surface area (Å²) in [5, 5.41) is 6.58. The Kier molecular flexibility index (Phi) is 6.39. The van der Waals surface area contributed by atoms with Crippen molar-refractivity contribution in [1.29, 1.82) is 0 Å². The summed E-state index contributed by atoms with van der Waals surface area (Å²) in [5.41, 5.74) is 2.92. The second-order valence-corrected chi connectivity index (χ2v) is 8.83. The van der Waals surface area contributed by atoms with Crippen molar-refractivity contribution < 1.29 is 9.59 Å². The van der Waals surface area contributed by atoms with Gasteiger partial charge in [0.25, 0.3) is 5.91 Å². The van der Waals surface area contributed by atoms with Gasteiger partial charge in [-0.05, 0) is 63.5 Å². The summed E-state index contributed by atoms with van der Waals surface area (Å²) < 4.78 is 0. The van der Waals surface area contributed by atoms with Crippen molar-refractivity contribution in [2.75, 3.05) is 11.9 Å². The Bertz CT molecular complexity index is 904. The maximum absolute atomic E-state index is 12.8. The van der Waals surface area contributed by atoms with Crippen LogP contribution in [0.25, 0.3) is 0 Å². The molecule has 0 saturated heterocycles. The Labute approximate surface area is 175 Å². The Morgan fingerprint density at radius 3 is 2.76 bits per heavy atom. The van der Waals surface area contributed by atoms with E-state index >= 15 is 0 Å². The van der Waals surface area contributed by atoms with Crippen molar-refractivity contribution >= 4 is 28.3 Å². The molecule has 0 fully saturated rings. The minimum Gasteiger partial charge on any atom is -0.355 e. The number of thiazole rings is 1. The number of rotatable bonds is 6. The Hall–Kier alpha value is -2.47. The molecule has 1 aromatic carbocycles. The number of hydrogen-bond donors (Lipinski definition) is 2. The lowest BCUT2D eigenvalue weighted by molar-refractivity contribution is -0.122. The van der Waals surface area contributed by atoms with Crippen LogP contribution in [0, 0.1) is 0 Å². The molecule has 0 unspecified atom stereocenters. The largest absolute Gasteiger partial charge is 0.355 e. The number of hydrogen-bond acceptors (Lipinski definition) is 4. The lowest BCUT2D eigenvalue weighted by atomic mass is 9.90. The van der Waals surface area contributed by atoms with Crippen molar-refractivity contribution in [3.63, 3.8) is 0 Å². The van der Waals surface area contributed by atoms with E-state index < -0.39 is 0 Å². The summed E-state index contributed by atoms with van der Waals surface area (Å²) in [6, 6.07) is 9.12. The summed E-state index contributed by atoms with van der Waals surface area (Å²) in [6.07, 6.45) is 10.9. The van der Waals surface area contributed by atoms with Crippen molar-refractivity contribution in [3.05, 3.63) is 58.1 Å². The highest BCUT2D eigenvalue weighted by Gasteiger charge is 2.30. The number of aromatic nitrogens is 1.